The molecule has 0 bridgehead atoms. The van der Waals surface area contributed by atoms with Crippen LogP contribution < -0.4 is 19.7 Å². The number of ether oxygens (including phenoxy) is 2. The van der Waals surface area contributed by atoms with E-state index >= 15 is 0 Å². The van der Waals surface area contributed by atoms with Gasteiger partial charge in [0.2, 0.25) is 5.91 Å². The predicted molar refractivity (Wildman–Crippen MR) is 99.7 cm³/mol. The van der Waals surface area contributed by atoms with Gasteiger partial charge in [0.25, 0.3) is 5.91 Å². The van der Waals surface area contributed by atoms with E-state index in [1.54, 1.807) is 25.1 Å². The second-order valence-corrected chi connectivity index (χ2v) is 6.04. The quantitative estimate of drug-likeness (QED) is 0.865. The van der Waals surface area contributed by atoms with Gasteiger partial charge in [-0.1, -0.05) is 31.2 Å². The largest absolute Gasteiger partial charge is 0.491 e. The van der Waals surface area contributed by atoms with Crippen LogP contribution in [0.4, 0.5) is 11.4 Å². The molecule has 0 aliphatic carbocycles. The van der Waals surface area contributed by atoms with E-state index in [9.17, 15) is 9.59 Å². The Morgan fingerprint density at radius 3 is 2.73 bits per heavy atom. The first kappa shape index (κ1) is 17.8. The highest BCUT2D eigenvalue weighted by Crippen LogP contribution is 2.33. The molecule has 2 aromatic rings. The molecule has 1 unspecified atom stereocenters. The maximum atomic E-state index is 12.6. The van der Waals surface area contributed by atoms with Crippen molar-refractivity contribution in [2.24, 2.45) is 0 Å². The number of hydrogen-bond acceptors (Lipinski definition) is 4. The van der Waals surface area contributed by atoms with Gasteiger partial charge in [-0.05, 0) is 37.6 Å². The van der Waals surface area contributed by atoms with Crippen LogP contribution in [0, 0.1) is 0 Å². The molecular weight excluding hydrogens is 332 g/mol. The minimum Gasteiger partial charge on any atom is -0.491 e. The van der Waals surface area contributed by atoms with Crippen LogP contribution in [0.1, 0.15) is 20.3 Å². The molecule has 3 rings (SSSR count). The predicted octanol–water partition coefficient (Wildman–Crippen LogP) is 3.23. The van der Waals surface area contributed by atoms with Gasteiger partial charge >= 0.3 is 0 Å². The Balaban J connectivity index is 1.75. The summed E-state index contributed by atoms with van der Waals surface area (Å²) in [6.07, 6.45) is 0.247. The molecule has 0 fully saturated rings. The van der Waals surface area contributed by atoms with E-state index in [1.807, 2.05) is 37.3 Å². The van der Waals surface area contributed by atoms with Crippen molar-refractivity contribution >= 4 is 23.2 Å². The number of benzene rings is 2. The number of carbonyl (C=O) groups excluding carboxylic acids is 2. The number of fused-ring (bicyclic) bond motifs is 1. The number of anilines is 2. The molecule has 6 heteroatoms. The number of nitrogens with zero attached hydrogens (tertiary/aromatic N) is 1. The average Bonchev–Trinajstić information content (AvgIpc) is 2.64. The number of amides is 2. The van der Waals surface area contributed by atoms with Gasteiger partial charge < -0.3 is 14.8 Å². The van der Waals surface area contributed by atoms with Crippen LogP contribution in [0.25, 0.3) is 0 Å². The lowest BCUT2D eigenvalue weighted by atomic mass is 10.2. The van der Waals surface area contributed by atoms with Crippen LogP contribution in [0.3, 0.4) is 0 Å². The normalized spacial score (nSPS) is 15.8. The Kier molecular flexibility index (Phi) is 5.41. The third-order valence-corrected chi connectivity index (χ3v) is 4.00. The summed E-state index contributed by atoms with van der Waals surface area (Å²) in [7, 11) is 0. The maximum Gasteiger partial charge on any atom is 0.268 e. The topological polar surface area (TPSA) is 67.9 Å². The van der Waals surface area contributed by atoms with Crippen LogP contribution in [-0.2, 0) is 9.59 Å². The minimum absolute atomic E-state index is 0.0916. The van der Waals surface area contributed by atoms with Crippen LogP contribution >= 0.6 is 0 Å². The summed E-state index contributed by atoms with van der Waals surface area (Å²) in [4.78, 5) is 26.5. The first-order chi connectivity index (χ1) is 12.6. The van der Waals surface area contributed by atoms with Gasteiger partial charge in [-0.2, -0.15) is 0 Å². The highest BCUT2D eigenvalue weighted by Gasteiger charge is 2.32. The number of hydrogen-bond donors (Lipinski definition) is 1. The van der Waals surface area contributed by atoms with Crippen molar-refractivity contribution in [3.05, 3.63) is 48.5 Å². The Labute approximate surface area is 152 Å². The SMILES string of the molecule is CCCOc1ccccc1NC(=O)CN1C(=O)C(C)Oc2ccccc21. The smallest absolute Gasteiger partial charge is 0.268 e. The summed E-state index contributed by atoms with van der Waals surface area (Å²) in [5.41, 5.74) is 1.19. The molecule has 0 aromatic heterocycles. The molecule has 1 aliphatic rings. The molecule has 0 radical (unpaired) electrons. The molecule has 0 saturated carbocycles. The molecule has 1 N–H and O–H groups in total. The summed E-state index contributed by atoms with van der Waals surface area (Å²) in [5.74, 6) is 0.674. The zero-order chi connectivity index (χ0) is 18.5. The Hall–Kier alpha value is -3.02. The number of para-hydroxylation sites is 4. The first-order valence-electron chi connectivity index (χ1n) is 8.69. The van der Waals surface area contributed by atoms with E-state index in [0.29, 0.717) is 29.5 Å². The number of rotatable bonds is 6. The van der Waals surface area contributed by atoms with E-state index < -0.39 is 6.10 Å². The van der Waals surface area contributed by atoms with Gasteiger partial charge in [0.15, 0.2) is 6.10 Å². The van der Waals surface area contributed by atoms with Crippen molar-refractivity contribution in [2.45, 2.75) is 26.4 Å². The van der Waals surface area contributed by atoms with Crippen molar-refractivity contribution in [3.8, 4) is 11.5 Å². The van der Waals surface area contributed by atoms with Crippen molar-refractivity contribution < 1.29 is 19.1 Å². The average molecular weight is 354 g/mol. The van der Waals surface area contributed by atoms with Crippen LogP contribution in [0.2, 0.25) is 0 Å². The summed E-state index contributed by atoms with van der Waals surface area (Å²) >= 11 is 0. The lowest BCUT2D eigenvalue weighted by Gasteiger charge is -2.32. The molecule has 2 amide bonds. The van der Waals surface area contributed by atoms with Gasteiger partial charge in [-0.15, -0.1) is 0 Å². The number of carbonyl (C=O) groups is 2. The lowest BCUT2D eigenvalue weighted by Crippen LogP contribution is -2.47. The van der Waals surface area contributed by atoms with Crippen LogP contribution in [0.15, 0.2) is 48.5 Å². The Morgan fingerprint density at radius 1 is 1.19 bits per heavy atom. The molecule has 0 spiro atoms. The van der Waals surface area contributed by atoms with Gasteiger partial charge in [0.1, 0.15) is 18.0 Å². The highest BCUT2D eigenvalue weighted by molar-refractivity contribution is 6.06. The van der Waals surface area contributed by atoms with Crippen LogP contribution in [-0.4, -0.2) is 31.1 Å². The second-order valence-electron chi connectivity index (χ2n) is 6.04. The van der Waals surface area contributed by atoms with Crippen molar-refractivity contribution in [3.63, 3.8) is 0 Å². The molecule has 1 aliphatic heterocycles. The molecule has 1 atom stereocenters. The van der Waals surface area contributed by atoms with Gasteiger partial charge in [0.05, 0.1) is 18.0 Å². The van der Waals surface area contributed by atoms with E-state index in [1.165, 1.54) is 4.90 Å². The van der Waals surface area contributed by atoms with E-state index in [-0.39, 0.29) is 18.4 Å². The summed E-state index contributed by atoms with van der Waals surface area (Å²) in [5, 5.41) is 2.83. The van der Waals surface area contributed by atoms with Crippen molar-refractivity contribution in [1.29, 1.82) is 0 Å². The third kappa shape index (κ3) is 3.79. The first-order valence-corrected chi connectivity index (χ1v) is 8.69. The second kappa shape index (κ2) is 7.91. The summed E-state index contributed by atoms with van der Waals surface area (Å²) in [6, 6.07) is 14.5. The molecule has 1 heterocycles. The van der Waals surface area contributed by atoms with Crippen LogP contribution in [0.5, 0.6) is 11.5 Å². The summed E-state index contributed by atoms with van der Waals surface area (Å²) in [6.45, 7) is 4.17. The zero-order valence-corrected chi connectivity index (χ0v) is 14.9. The number of nitrogens with one attached hydrogen (secondary N) is 1. The maximum absolute atomic E-state index is 12.6. The van der Waals surface area contributed by atoms with E-state index in [2.05, 4.69) is 5.32 Å². The van der Waals surface area contributed by atoms with Crippen molar-refractivity contribution in [2.75, 3.05) is 23.4 Å². The zero-order valence-electron chi connectivity index (χ0n) is 14.9. The van der Waals surface area contributed by atoms with Gasteiger partial charge in [-0.3, -0.25) is 14.5 Å². The standard InChI is InChI=1S/C20H22N2O4/c1-3-12-25-17-10-6-4-8-15(17)21-19(23)13-22-16-9-5-7-11-18(16)26-14(2)20(22)24/h4-11,14H,3,12-13H2,1-2H3,(H,21,23). The molecule has 0 saturated heterocycles. The van der Waals surface area contributed by atoms with Gasteiger partial charge in [0, 0.05) is 0 Å². The monoisotopic (exact) mass is 354 g/mol. The Morgan fingerprint density at radius 2 is 1.92 bits per heavy atom. The highest BCUT2D eigenvalue weighted by atomic mass is 16.5. The summed E-state index contributed by atoms with van der Waals surface area (Å²) < 4.78 is 11.3. The molecular formula is C20H22N2O4. The Bertz CT molecular complexity index is 806. The molecule has 136 valence electrons. The van der Waals surface area contributed by atoms with E-state index in [4.69, 9.17) is 9.47 Å². The van der Waals surface area contributed by atoms with E-state index in [0.717, 1.165) is 6.42 Å². The fourth-order valence-corrected chi connectivity index (χ4v) is 2.76. The lowest BCUT2D eigenvalue weighted by molar-refractivity contribution is -0.127. The third-order valence-electron chi connectivity index (χ3n) is 4.00. The van der Waals surface area contributed by atoms with Gasteiger partial charge in [-0.25, -0.2) is 0 Å². The molecule has 6 nitrogen and oxygen atoms in total. The van der Waals surface area contributed by atoms with Crippen molar-refractivity contribution in [1.82, 2.24) is 0 Å². The minimum atomic E-state index is -0.627. The molecule has 2 aromatic carbocycles. The fourth-order valence-electron chi connectivity index (χ4n) is 2.76. The fraction of sp³-hybridized carbons (Fsp3) is 0.300. The molecule has 26 heavy (non-hydrogen) atoms.